The Morgan fingerprint density at radius 2 is 1.76 bits per heavy atom. The molecule has 1 N–H and O–H groups in total. The van der Waals surface area contributed by atoms with Crippen LogP contribution < -0.4 is 5.32 Å². The van der Waals surface area contributed by atoms with Gasteiger partial charge in [0, 0.05) is 41.2 Å². The van der Waals surface area contributed by atoms with Gasteiger partial charge in [0.15, 0.2) is 0 Å². The van der Waals surface area contributed by atoms with Crippen LogP contribution in [0.2, 0.25) is 0 Å². The van der Waals surface area contributed by atoms with E-state index in [1.165, 1.54) is 23.4 Å². The quantitative estimate of drug-likeness (QED) is 0.126. The highest BCUT2D eigenvalue weighted by Gasteiger charge is 2.35. The number of benzene rings is 3. The number of rotatable bonds is 12. The van der Waals surface area contributed by atoms with Crippen molar-refractivity contribution in [3.8, 4) is 22.4 Å². The number of nitrogens with one attached hydrogen (secondary N) is 1. The largest absolute Gasteiger partial charge is 0.372 e. The lowest BCUT2D eigenvalue weighted by atomic mass is 9.83. The fraction of sp³-hybridized carbons (Fsp3) is 0.359. The molecular formula is C39H46FN2O2P. The number of carbonyl (C=O) groups is 1. The van der Waals surface area contributed by atoms with Crippen molar-refractivity contribution in [2.24, 2.45) is 5.92 Å². The van der Waals surface area contributed by atoms with Gasteiger partial charge < -0.3 is 19.4 Å². The van der Waals surface area contributed by atoms with Crippen LogP contribution in [0.4, 0.5) is 10.1 Å². The number of nitrogens with zero attached hydrogens (tertiary/aromatic N) is 1. The third-order valence-electron chi connectivity index (χ3n) is 8.78. The van der Waals surface area contributed by atoms with Crippen LogP contribution in [0.25, 0.3) is 28.1 Å². The number of carbonyl (C=O) groups excluding carboxylic acids is 1. The number of hydrogen-bond acceptors (Lipinski definition) is 3. The third kappa shape index (κ3) is 7.65. The van der Waals surface area contributed by atoms with Gasteiger partial charge in [-0.1, -0.05) is 62.9 Å². The summed E-state index contributed by atoms with van der Waals surface area (Å²) in [5.74, 6) is 0.224. The maximum absolute atomic E-state index is 14.3. The van der Waals surface area contributed by atoms with E-state index in [0.717, 1.165) is 71.0 Å². The first kappa shape index (κ1) is 32.9. The van der Waals surface area contributed by atoms with Crippen molar-refractivity contribution in [2.75, 3.05) is 5.32 Å². The smallest absolute Gasteiger partial charge is 0.123 e. The molecule has 0 saturated carbocycles. The van der Waals surface area contributed by atoms with Crippen LogP contribution >= 0.6 is 9.24 Å². The van der Waals surface area contributed by atoms with Gasteiger partial charge in [0.1, 0.15) is 12.1 Å². The van der Waals surface area contributed by atoms with Crippen LogP contribution in [-0.4, -0.2) is 22.6 Å². The molecule has 0 spiro atoms. The first-order valence-electron chi connectivity index (χ1n) is 16.0. The predicted octanol–water partition coefficient (Wildman–Crippen LogP) is 10.1. The monoisotopic (exact) mass is 624 g/mol. The van der Waals surface area contributed by atoms with Crippen molar-refractivity contribution < 1.29 is 13.9 Å². The van der Waals surface area contributed by atoms with E-state index >= 15 is 0 Å². The molecule has 0 bridgehead atoms. The van der Waals surface area contributed by atoms with Crippen molar-refractivity contribution in [3.63, 3.8) is 0 Å². The van der Waals surface area contributed by atoms with E-state index < -0.39 is 0 Å². The summed E-state index contributed by atoms with van der Waals surface area (Å²) >= 11 is 0. The summed E-state index contributed by atoms with van der Waals surface area (Å²) in [4.78, 5) is 11.4. The van der Waals surface area contributed by atoms with E-state index in [1.54, 1.807) is 0 Å². The van der Waals surface area contributed by atoms with Crippen molar-refractivity contribution in [2.45, 2.75) is 83.7 Å². The number of aldehydes is 1. The summed E-state index contributed by atoms with van der Waals surface area (Å²) in [5.41, 5.74) is 9.15. The highest BCUT2D eigenvalue weighted by molar-refractivity contribution is 7.15. The molecule has 6 heteroatoms. The molecule has 3 unspecified atom stereocenters. The SMILES string of the molecule is C=C(Nc1ccc(CP)cc1)c1c(-c2ccccc2)c(-c2ccc(F)cc2)n(CCC2CC(CC=O)CC(C)(C)O2)c1C(C)C. The molecule has 0 amide bonds. The Morgan fingerprint density at radius 1 is 1.07 bits per heavy atom. The van der Waals surface area contributed by atoms with Gasteiger partial charge in [0.25, 0.3) is 0 Å². The minimum atomic E-state index is -0.279. The predicted molar refractivity (Wildman–Crippen MR) is 189 cm³/mol. The van der Waals surface area contributed by atoms with Gasteiger partial charge in [-0.25, -0.2) is 4.39 Å². The van der Waals surface area contributed by atoms with Crippen LogP contribution in [0.1, 0.15) is 76.1 Å². The summed E-state index contributed by atoms with van der Waals surface area (Å²) < 4.78 is 23.3. The van der Waals surface area contributed by atoms with Gasteiger partial charge in [0.2, 0.25) is 0 Å². The minimum absolute atomic E-state index is 0.0300. The fourth-order valence-corrected chi connectivity index (χ4v) is 7.27. The van der Waals surface area contributed by atoms with Crippen LogP contribution in [0.5, 0.6) is 0 Å². The van der Waals surface area contributed by atoms with Crippen LogP contribution in [-0.2, 0) is 22.2 Å². The van der Waals surface area contributed by atoms with Crippen molar-refractivity contribution in [1.82, 2.24) is 4.57 Å². The average molecular weight is 625 g/mol. The highest BCUT2D eigenvalue weighted by atomic mass is 31.0. The lowest BCUT2D eigenvalue weighted by Crippen LogP contribution is -2.40. The molecule has 1 aliphatic rings. The molecule has 1 saturated heterocycles. The zero-order valence-corrected chi connectivity index (χ0v) is 28.1. The first-order chi connectivity index (χ1) is 21.6. The summed E-state index contributed by atoms with van der Waals surface area (Å²) in [5, 5.41) is 3.62. The maximum atomic E-state index is 14.3. The van der Waals surface area contributed by atoms with E-state index in [0.29, 0.717) is 18.9 Å². The normalized spacial score (nSPS) is 17.8. The van der Waals surface area contributed by atoms with Crippen molar-refractivity contribution >= 4 is 26.9 Å². The van der Waals surface area contributed by atoms with E-state index in [1.807, 2.05) is 18.2 Å². The number of halogens is 1. The second-order valence-corrected chi connectivity index (χ2v) is 13.6. The molecule has 3 aromatic carbocycles. The Hall–Kier alpha value is -3.53. The molecule has 1 aromatic heterocycles. The van der Waals surface area contributed by atoms with Crippen LogP contribution in [0.15, 0.2) is 85.4 Å². The van der Waals surface area contributed by atoms with Crippen molar-refractivity contribution in [1.29, 1.82) is 0 Å². The Morgan fingerprint density at radius 3 is 2.38 bits per heavy atom. The minimum Gasteiger partial charge on any atom is -0.372 e. The molecule has 0 aliphatic carbocycles. The van der Waals surface area contributed by atoms with E-state index in [2.05, 4.69) is 102 Å². The van der Waals surface area contributed by atoms with E-state index in [-0.39, 0.29) is 23.4 Å². The molecule has 1 aliphatic heterocycles. The maximum Gasteiger partial charge on any atom is 0.123 e. The molecule has 45 heavy (non-hydrogen) atoms. The molecule has 2 heterocycles. The van der Waals surface area contributed by atoms with Gasteiger partial charge in [-0.05, 0) is 104 Å². The van der Waals surface area contributed by atoms with Crippen molar-refractivity contribution in [3.05, 3.63) is 108 Å². The topological polar surface area (TPSA) is 43.3 Å². The molecule has 4 nitrogen and oxygen atoms in total. The number of aromatic nitrogens is 1. The van der Waals surface area contributed by atoms with Gasteiger partial charge in [0.05, 0.1) is 17.4 Å². The molecule has 236 valence electrons. The first-order valence-corrected chi connectivity index (χ1v) is 16.9. The molecule has 4 aromatic rings. The Balaban J connectivity index is 1.66. The summed E-state index contributed by atoms with van der Waals surface area (Å²) in [6, 6.07) is 25.7. The van der Waals surface area contributed by atoms with Gasteiger partial charge in [-0.3, -0.25) is 0 Å². The van der Waals surface area contributed by atoms with Crippen LogP contribution in [0, 0.1) is 11.7 Å². The molecule has 1 fully saturated rings. The Labute approximate surface area is 270 Å². The fourth-order valence-electron chi connectivity index (χ4n) is 6.99. The second kappa shape index (κ2) is 14.3. The van der Waals surface area contributed by atoms with Crippen LogP contribution in [0.3, 0.4) is 0 Å². The van der Waals surface area contributed by atoms with Gasteiger partial charge >= 0.3 is 0 Å². The average Bonchev–Trinajstić information content (AvgIpc) is 3.36. The van der Waals surface area contributed by atoms with E-state index in [9.17, 15) is 9.18 Å². The Kier molecular flexibility index (Phi) is 10.4. The zero-order valence-electron chi connectivity index (χ0n) is 27.0. The molecule has 3 atom stereocenters. The van der Waals surface area contributed by atoms with Gasteiger partial charge in [-0.2, -0.15) is 0 Å². The Bertz CT molecular complexity index is 1610. The third-order valence-corrected chi connectivity index (χ3v) is 9.26. The number of ether oxygens (including phenoxy) is 1. The molecule has 0 radical (unpaired) electrons. The lowest BCUT2D eigenvalue weighted by molar-refractivity contribution is -0.132. The van der Waals surface area contributed by atoms with E-state index in [4.69, 9.17) is 4.74 Å². The second-order valence-electron chi connectivity index (χ2n) is 13.2. The number of hydrogen-bond donors (Lipinski definition) is 1. The standard InChI is InChI=1S/C39H46FN2O2P/c1-26(2)37-35(27(3)41-33-17-11-28(25-45)12-18-33)36(30-9-7-6-8-10-30)38(31-13-15-32(40)16-14-31)42(37)21-19-34-23-29(20-22-43)24-39(4,5)44-34/h6-18,22,26,29,34,41H,3,19-21,23-25,45H2,1-2,4-5H3. The number of anilines is 1. The zero-order chi connectivity index (χ0) is 32.1. The van der Waals surface area contributed by atoms with Gasteiger partial charge in [-0.15, -0.1) is 9.24 Å². The molecular weight excluding hydrogens is 578 g/mol. The highest BCUT2D eigenvalue weighted by Crippen LogP contribution is 2.45. The lowest BCUT2D eigenvalue weighted by Gasteiger charge is -2.40. The summed E-state index contributed by atoms with van der Waals surface area (Å²) in [6.07, 6.45) is 5.09. The summed E-state index contributed by atoms with van der Waals surface area (Å²) in [6.45, 7) is 14.0. The summed E-state index contributed by atoms with van der Waals surface area (Å²) in [7, 11) is 2.77. The molecule has 5 rings (SSSR count).